The van der Waals surface area contributed by atoms with E-state index in [0.29, 0.717) is 0 Å². The number of ether oxygens (including phenoxy) is 1. The van der Waals surface area contributed by atoms with E-state index in [9.17, 15) is 0 Å². The van der Waals surface area contributed by atoms with Crippen LogP contribution in [0.25, 0.3) is 5.69 Å². The van der Waals surface area contributed by atoms with Crippen LogP contribution in [-0.2, 0) is 0 Å². The number of hydrogen-bond acceptors (Lipinski definition) is 5. The topological polar surface area (TPSA) is 78.8 Å². The maximum atomic E-state index is 5.61. The van der Waals surface area contributed by atoms with Gasteiger partial charge in [-0.15, -0.1) is 0 Å². The van der Waals surface area contributed by atoms with Crippen molar-refractivity contribution < 1.29 is 4.74 Å². The number of anilines is 1. The molecule has 0 unspecified atom stereocenters. The van der Waals surface area contributed by atoms with E-state index in [1.54, 1.807) is 23.3 Å². The summed E-state index contributed by atoms with van der Waals surface area (Å²) in [5, 5.41) is 4.19. The van der Waals surface area contributed by atoms with Crippen molar-refractivity contribution in [1.82, 2.24) is 19.7 Å². The second kappa shape index (κ2) is 4.04. The Morgan fingerprint density at radius 2 is 2.06 bits per heavy atom. The average Bonchev–Trinajstić information content (AvgIpc) is 3.06. The van der Waals surface area contributed by atoms with Gasteiger partial charge < -0.3 is 10.5 Å². The van der Waals surface area contributed by atoms with Crippen molar-refractivity contribution in [3.8, 4) is 11.4 Å². The number of nitrogens with zero attached hydrogens (tertiary/aromatic N) is 4. The molecular formula is C11H13N5O. The van der Waals surface area contributed by atoms with Crippen molar-refractivity contribution in [2.45, 2.75) is 12.8 Å². The normalized spacial score (nSPS) is 14.8. The van der Waals surface area contributed by atoms with E-state index in [1.165, 1.54) is 12.8 Å². The number of hydrogen-bond donors (Lipinski definition) is 1. The summed E-state index contributed by atoms with van der Waals surface area (Å²) < 4.78 is 7.28. The van der Waals surface area contributed by atoms with Crippen molar-refractivity contribution in [3.63, 3.8) is 0 Å². The summed E-state index contributed by atoms with van der Waals surface area (Å²) in [6.07, 6.45) is 9.32. The van der Waals surface area contributed by atoms with Gasteiger partial charge in [0.15, 0.2) is 5.75 Å². The third-order valence-electron chi connectivity index (χ3n) is 2.66. The van der Waals surface area contributed by atoms with Crippen molar-refractivity contribution >= 4 is 5.95 Å². The SMILES string of the molecule is Nc1ncc(-n2cc(OCC3CC3)cn2)cn1. The van der Waals surface area contributed by atoms with Crippen LogP contribution < -0.4 is 10.5 Å². The minimum Gasteiger partial charge on any atom is -0.490 e. The summed E-state index contributed by atoms with van der Waals surface area (Å²) in [5.74, 6) is 1.76. The largest absolute Gasteiger partial charge is 0.490 e. The van der Waals surface area contributed by atoms with E-state index in [0.717, 1.165) is 24.0 Å². The fourth-order valence-corrected chi connectivity index (χ4v) is 1.47. The zero-order chi connectivity index (χ0) is 11.7. The van der Waals surface area contributed by atoms with Gasteiger partial charge >= 0.3 is 0 Å². The molecule has 0 atom stereocenters. The van der Waals surface area contributed by atoms with Crippen LogP contribution in [0.2, 0.25) is 0 Å². The lowest BCUT2D eigenvalue weighted by molar-refractivity contribution is 0.299. The van der Waals surface area contributed by atoms with Crippen LogP contribution in [0.3, 0.4) is 0 Å². The van der Waals surface area contributed by atoms with E-state index >= 15 is 0 Å². The molecule has 2 heterocycles. The number of nitrogens with two attached hydrogens (primary N) is 1. The Morgan fingerprint density at radius 3 is 2.76 bits per heavy atom. The van der Waals surface area contributed by atoms with Crippen LogP contribution in [0.4, 0.5) is 5.95 Å². The Bertz CT molecular complexity index is 503. The lowest BCUT2D eigenvalue weighted by Gasteiger charge is -2.01. The summed E-state index contributed by atoms with van der Waals surface area (Å²) >= 11 is 0. The molecule has 1 aliphatic carbocycles. The minimum absolute atomic E-state index is 0.256. The highest BCUT2D eigenvalue weighted by Crippen LogP contribution is 2.29. The average molecular weight is 231 g/mol. The monoisotopic (exact) mass is 231 g/mol. The highest BCUT2D eigenvalue weighted by molar-refractivity contribution is 5.30. The van der Waals surface area contributed by atoms with Gasteiger partial charge in [0.05, 0.1) is 31.4 Å². The molecule has 0 aromatic carbocycles. The smallest absolute Gasteiger partial charge is 0.220 e. The summed E-state index contributed by atoms with van der Waals surface area (Å²) in [5.41, 5.74) is 6.19. The van der Waals surface area contributed by atoms with Crippen LogP contribution in [0.5, 0.6) is 5.75 Å². The first-order valence-electron chi connectivity index (χ1n) is 5.56. The second-order valence-corrected chi connectivity index (χ2v) is 4.17. The number of aromatic nitrogens is 4. The molecule has 1 saturated carbocycles. The molecule has 1 aliphatic rings. The maximum Gasteiger partial charge on any atom is 0.220 e. The van der Waals surface area contributed by atoms with Gasteiger partial charge in [-0.25, -0.2) is 14.6 Å². The molecule has 6 nitrogen and oxygen atoms in total. The van der Waals surface area contributed by atoms with Gasteiger partial charge in [-0.1, -0.05) is 0 Å². The number of rotatable bonds is 4. The van der Waals surface area contributed by atoms with Crippen LogP contribution in [0.15, 0.2) is 24.8 Å². The molecule has 0 amide bonds. The Hall–Kier alpha value is -2.11. The molecule has 0 aliphatic heterocycles. The van der Waals surface area contributed by atoms with Crippen LogP contribution in [0, 0.1) is 5.92 Å². The minimum atomic E-state index is 0.256. The van der Waals surface area contributed by atoms with Gasteiger partial charge in [-0.2, -0.15) is 5.10 Å². The zero-order valence-electron chi connectivity index (χ0n) is 9.28. The highest BCUT2D eigenvalue weighted by Gasteiger charge is 2.22. The standard InChI is InChI=1S/C11H13N5O/c12-11-13-3-9(4-14-11)16-6-10(5-15-16)17-7-8-1-2-8/h3-6,8H,1-2,7H2,(H2,12,13,14). The van der Waals surface area contributed by atoms with E-state index in [4.69, 9.17) is 10.5 Å². The van der Waals surface area contributed by atoms with Crippen molar-refractivity contribution in [1.29, 1.82) is 0 Å². The predicted molar refractivity (Wildman–Crippen MR) is 61.8 cm³/mol. The molecule has 88 valence electrons. The summed E-state index contributed by atoms with van der Waals surface area (Å²) in [6, 6.07) is 0. The number of nitrogen functional groups attached to an aromatic ring is 1. The fourth-order valence-electron chi connectivity index (χ4n) is 1.47. The molecule has 17 heavy (non-hydrogen) atoms. The lowest BCUT2D eigenvalue weighted by atomic mass is 10.5. The van der Waals surface area contributed by atoms with E-state index in [-0.39, 0.29) is 5.95 Å². The second-order valence-electron chi connectivity index (χ2n) is 4.17. The summed E-state index contributed by atoms with van der Waals surface area (Å²) in [4.78, 5) is 7.83. The Balaban J connectivity index is 1.72. The predicted octanol–water partition coefficient (Wildman–Crippen LogP) is 1.03. The molecule has 3 rings (SSSR count). The van der Waals surface area contributed by atoms with Crippen molar-refractivity contribution in [2.24, 2.45) is 5.92 Å². The third kappa shape index (κ3) is 2.35. The molecule has 0 saturated heterocycles. The fraction of sp³-hybridized carbons (Fsp3) is 0.364. The molecule has 6 heteroatoms. The first-order chi connectivity index (χ1) is 8.31. The van der Waals surface area contributed by atoms with Gasteiger partial charge in [0.2, 0.25) is 5.95 Å². The van der Waals surface area contributed by atoms with Gasteiger partial charge in [0, 0.05) is 0 Å². The molecule has 0 radical (unpaired) electrons. The van der Waals surface area contributed by atoms with Crippen molar-refractivity contribution in [2.75, 3.05) is 12.3 Å². The Labute approximate surface area is 98.4 Å². The quantitative estimate of drug-likeness (QED) is 0.850. The first kappa shape index (κ1) is 10.1. The molecule has 0 bridgehead atoms. The van der Waals surface area contributed by atoms with Gasteiger partial charge in [0.1, 0.15) is 5.69 Å². The van der Waals surface area contributed by atoms with Gasteiger partial charge in [-0.05, 0) is 18.8 Å². The summed E-state index contributed by atoms with van der Waals surface area (Å²) in [7, 11) is 0. The molecule has 2 aromatic heterocycles. The van der Waals surface area contributed by atoms with Crippen LogP contribution in [0.1, 0.15) is 12.8 Å². The summed E-state index contributed by atoms with van der Waals surface area (Å²) in [6.45, 7) is 0.782. The zero-order valence-corrected chi connectivity index (χ0v) is 9.28. The Kier molecular flexibility index (Phi) is 2.40. The third-order valence-corrected chi connectivity index (χ3v) is 2.66. The highest BCUT2D eigenvalue weighted by atomic mass is 16.5. The Morgan fingerprint density at radius 1 is 1.29 bits per heavy atom. The van der Waals surface area contributed by atoms with E-state index in [2.05, 4.69) is 15.1 Å². The lowest BCUT2D eigenvalue weighted by Crippen LogP contribution is -2.00. The van der Waals surface area contributed by atoms with E-state index < -0.39 is 0 Å². The van der Waals surface area contributed by atoms with Crippen LogP contribution >= 0.6 is 0 Å². The molecular weight excluding hydrogens is 218 g/mol. The first-order valence-corrected chi connectivity index (χ1v) is 5.56. The van der Waals surface area contributed by atoms with Gasteiger partial charge in [-0.3, -0.25) is 0 Å². The molecule has 2 aromatic rings. The molecule has 1 fully saturated rings. The molecule has 0 spiro atoms. The van der Waals surface area contributed by atoms with Crippen LogP contribution in [-0.4, -0.2) is 26.4 Å². The van der Waals surface area contributed by atoms with Gasteiger partial charge in [0.25, 0.3) is 0 Å². The molecule has 2 N–H and O–H groups in total. The van der Waals surface area contributed by atoms with Crippen molar-refractivity contribution in [3.05, 3.63) is 24.8 Å². The maximum absolute atomic E-state index is 5.61. The van der Waals surface area contributed by atoms with E-state index in [1.807, 2.05) is 6.20 Å².